The molecular weight excluding hydrogens is 178 g/mol. The molecule has 0 aromatic heterocycles. The van der Waals surface area contributed by atoms with Crippen LogP contribution in [0.5, 0.6) is 0 Å². The van der Waals surface area contributed by atoms with Gasteiger partial charge in [0.15, 0.2) is 0 Å². The molecule has 1 unspecified atom stereocenters. The number of amides is 1. The molecule has 1 aromatic carbocycles. The van der Waals surface area contributed by atoms with Gasteiger partial charge in [-0.3, -0.25) is 4.79 Å². The SMILES string of the molecule is O=C1CCC(c2cccc(CO)c2)N1. The van der Waals surface area contributed by atoms with Gasteiger partial charge >= 0.3 is 0 Å². The van der Waals surface area contributed by atoms with E-state index >= 15 is 0 Å². The fourth-order valence-corrected chi connectivity index (χ4v) is 1.77. The van der Waals surface area contributed by atoms with Crippen LogP contribution in [0.3, 0.4) is 0 Å². The molecule has 0 spiro atoms. The van der Waals surface area contributed by atoms with Crippen LogP contribution in [0.1, 0.15) is 30.0 Å². The fourth-order valence-electron chi connectivity index (χ4n) is 1.77. The average Bonchev–Trinajstić information content (AvgIpc) is 2.65. The highest BCUT2D eigenvalue weighted by Gasteiger charge is 2.21. The summed E-state index contributed by atoms with van der Waals surface area (Å²) in [5.41, 5.74) is 1.98. The lowest BCUT2D eigenvalue weighted by Crippen LogP contribution is -2.18. The van der Waals surface area contributed by atoms with Gasteiger partial charge in [0.05, 0.1) is 12.6 Å². The summed E-state index contributed by atoms with van der Waals surface area (Å²) in [5, 5.41) is 11.9. The van der Waals surface area contributed by atoms with Crippen molar-refractivity contribution in [3.63, 3.8) is 0 Å². The Balaban J connectivity index is 2.19. The molecule has 1 atom stereocenters. The fraction of sp³-hybridized carbons (Fsp3) is 0.364. The Bertz CT molecular complexity index is 349. The van der Waals surface area contributed by atoms with Crippen LogP contribution in [0.4, 0.5) is 0 Å². The molecule has 0 bridgehead atoms. The molecule has 1 aliphatic heterocycles. The van der Waals surface area contributed by atoms with Gasteiger partial charge in [-0.15, -0.1) is 0 Å². The van der Waals surface area contributed by atoms with Crippen LogP contribution >= 0.6 is 0 Å². The van der Waals surface area contributed by atoms with Crippen molar-refractivity contribution in [1.29, 1.82) is 0 Å². The Morgan fingerprint density at radius 1 is 1.50 bits per heavy atom. The van der Waals surface area contributed by atoms with Crippen LogP contribution in [0.2, 0.25) is 0 Å². The van der Waals surface area contributed by atoms with Crippen molar-refractivity contribution < 1.29 is 9.90 Å². The summed E-state index contributed by atoms with van der Waals surface area (Å²) in [4.78, 5) is 11.0. The second kappa shape index (κ2) is 3.80. The Kier molecular flexibility index (Phi) is 2.50. The summed E-state index contributed by atoms with van der Waals surface area (Å²) in [6.45, 7) is 0.0501. The quantitative estimate of drug-likeness (QED) is 0.736. The molecule has 1 saturated heterocycles. The van der Waals surface area contributed by atoms with E-state index in [2.05, 4.69) is 5.32 Å². The lowest BCUT2D eigenvalue weighted by atomic mass is 10.0. The van der Waals surface area contributed by atoms with E-state index in [0.717, 1.165) is 17.5 Å². The third-order valence-corrected chi connectivity index (χ3v) is 2.53. The van der Waals surface area contributed by atoms with Crippen molar-refractivity contribution in [1.82, 2.24) is 5.32 Å². The average molecular weight is 191 g/mol. The van der Waals surface area contributed by atoms with Crippen LogP contribution in [0.25, 0.3) is 0 Å². The highest BCUT2D eigenvalue weighted by molar-refractivity contribution is 5.78. The molecule has 0 saturated carbocycles. The number of rotatable bonds is 2. The number of hydrogen-bond donors (Lipinski definition) is 2. The van der Waals surface area contributed by atoms with E-state index in [-0.39, 0.29) is 18.6 Å². The molecule has 1 fully saturated rings. The molecule has 1 aliphatic rings. The molecule has 2 N–H and O–H groups in total. The maximum absolute atomic E-state index is 11.0. The van der Waals surface area contributed by atoms with Crippen molar-refractivity contribution >= 4 is 5.91 Å². The van der Waals surface area contributed by atoms with E-state index in [1.54, 1.807) is 0 Å². The molecule has 2 rings (SSSR count). The first-order valence-electron chi connectivity index (χ1n) is 4.78. The van der Waals surface area contributed by atoms with Gasteiger partial charge in [0, 0.05) is 6.42 Å². The van der Waals surface area contributed by atoms with Crippen LogP contribution in [-0.2, 0) is 11.4 Å². The van der Waals surface area contributed by atoms with Gasteiger partial charge in [-0.2, -0.15) is 0 Å². The van der Waals surface area contributed by atoms with Gasteiger partial charge in [0.1, 0.15) is 0 Å². The number of aliphatic hydroxyl groups excluding tert-OH is 1. The van der Waals surface area contributed by atoms with Crippen molar-refractivity contribution in [3.8, 4) is 0 Å². The van der Waals surface area contributed by atoms with Crippen LogP contribution in [-0.4, -0.2) is 11.0 Å². The number of carbonyl (C=O) groups is 1. The topological polar surface area (TPSA) is 49.3 Å². The van der Waals surface area contributed by atoms with E-state index in [1.807, 2.05) is 24.3 Å². The van der Waals surface area contributed by atoms with E-state index in [9.17, 15) is 4.79 Å². The second-order valence-electron chi connectivity index (χ2n) is 3.56. The lowest BCUT2D eigenvalue weighted by molar-refractivity contribution is -0.119. The highest BCUT2D eigenvalue weighted by atomic mass is 16.3. The predicted octanol–water partition coefficient (Wildman–Crippen LogP) is 1.13. The number of benzene rings is 1. The summed E-state index contributed by atoms with van der Waals surface area (Å²) in [6, 6.07) is 7.84. The largest absolute Gasteiger partial charge is 0.392 e. The first kappa shape index (κ1) is 9.21. The maximum atomic E-state index is 11.0. The minimum Gasteiger partial charge on any atom is -0.392 e. The summed E-state index contributed by atoms with van der Waals surface area (Å²) in [5.74, 6) is 0.115. The Hall–Kier alpha value is -1.35. The van der Waals surface area contributed by atoms with Gasteiger partial charge in [0.25, 0.3) is 0 Å². The molecule has 14 heavy (non-hydrogen) atoms. The highest BCUT2D eigenvalue weighted by Crippen LogP contribution is 2.24. The molecule has 74 valence electrons. The molecular formula is C11H13NO2. The minimum absolute atomic E-state index is 0.0501. The predicted molar refractivity (Wildman–Crippen MR) is 52.5 cm³/mol. The van der Waals surface area contributed by atoms with Gasteiger partial charge < -0.3 is 10.4 Å². The summed E-state index contributed by atoms with van der Waals surface area (Å²) >= 11 is 0. The molecule has 3 heteroatoms. The zero-order valence-electron chi connectivity index (χ0n) is 7.86. The van der Waals surface area contributed by atoms with Crippen molar-refractivity contribution in [2.24, 2.45) is 0 Å². The van der Waals surface area contributed by atoms with Gasteiger partial charge in [-0.25, -0.2) is 0 Å². The maximum Gasteiger partial charge on any atom is 0.220 e. The van der Waals surface area contributed by atoms with E-state index in [0.29, 0.717) is 6.42 Å². The van der Waals surface area contributed by atoms with Crippen LogP contribution in [0, 0.1) is 0 Å². The summed E-state index contributed by atoms with van der Waals surface area (Å²) < 4.78 is 0. The number of aliphatic hydroxyl groups is 1. The number of hydrogen-bond acceptors (Lipinski definition) is 2. The van der Waals surface area contributed by atoms with Crippen molar-refractivity contribution in [2.45, 2.75) is 25.5 Å². The standard InChI is InChI=1S/C11H13NO2/c13-7-8-2-1-3-9(6-8)10-4-5-11(14)12-10/h1-3,6,10,13H,4-5,7H2,(H,12,14). The van der Waals surface area contributed by atoms with E-state index < -0.39 is 0 Å². The zero-order valence-corrected chi connectivity index (χ0v) is 7.86. The second-order valence-corrected chi connectivity index (χ2v) is 3.56. The van der Waals surface area contributed by atoms with E-state index in [1.165, 1.54) is 0 Å². The Morgan fingerprint density at radius 2 is 2.36 bits per heavy atom. The van der Waals surface area contributed by atoms with E-state index in [4.69, 9.17) is 5.11 Å². The minimum atomic E-state index is 0.0501. The molecule has 3 nitrogen and oxygen atoms in total. The first-order valence-corrected chi connectivity index (χ1v) is 4.78. The lowest BCUT2D eigenvalue weighted by Gasteiger charge is -2.10. The number of nitrogens with one attached hydrogen (secondary N) is 1. The Morgan fingerprint density at radius 3 is 3.00 bits per heavy atom. The summed E-state index contributed by atoms with van der Waals surface area (Å²) in [6.07, 6.45) is 1.46. The number of carbonyl (C=O) groups excluding carboxylic acids is 1. The van der Waals surface area contributed by atoms with Gasteiger partial charge in [-0.05, 0) is 17.5 Å². The third-order valence-electron chi connectivity index (χ3n) is 2.53. The first-order chi connectivity index (χ1) is 6.79. The molecule has 0 radical (unpaired) electrons. The van der Waals surface area contributed by atoms with Crippen molar-refractivity contribution in [3.05, 3.63) is 35.4 Å². The zero-order chi connectivity index (χ0) is 9.97. The molecule has 1 heterocycles. The molecule has 1 aromatic rings. The van der Waals surface area contributed by atoms with Crippen LogP contribution < -0.4 is 5.32 Å². The smallest absolute Gasteiger partial charge is 0.220 e. The monoisotopic (exact) mass is 191 g/mol. The third kappa shape index (κ3) is 1.77. The molecule has 1 amide bonds. The van der Waals surface area contributed by atoms with Gasteiger partial charge in [0.2, 0.25) is 5.91 Å². The van der Waals surface area contributed by atoms with Gasteiger partial charge in [-0.1, -0.05) is 24.3 Å². The molecule has 0 aliphatic carbocycles. The summed E-state index contributed by atoms with van der Waals surface area (Å²) in [7, 11) is 0. The van der Waals surface area contributed by atoms with Crippen molar-refractivity contribution in [2.75, 3.05) is 0 Å². The normalized spacial score (nSPS) is 20.9. The Labute approximate surface area is 82.8 Å². The van der Waals surface area contributed by atoms with Crippen LogP contribution in [0.15, 0.2) is 24.3 Å².